The molecular weight excluding hydrogens is 344 g/mol. The van der Waals surface area contributed by atoms with Crippen molar-refractivity contribution in [1.82, 2.24) is 0 Å². The van der Waals surface area contributed by atoms with Gasteiger partial charge in [0.05, 0.1) is 18.8 Å². The van der Waals surface area contributed by atoms with Crippen LogP contribution in [0, 0.1) is 0 Å². The fourth-order valence-corrected chi connectivity index (χ4v) is 3.83. The summed E-state index contributed by atoms with van der Waals surface area (Å²) >= 11 is 0. The zero-order valence-corrected chi connectivity index (χ0v) is 16.1. The molecule has 1 N–H and O–H groups in total. The first-order valence-corrected chi connectivity index (χ1v) is 9.51. The van der Waals surface area contributed by atoms with Gasteiger partial charge >= 0.3 is 0 Å². The summed E-state index contributed by atoms with van der Waals surface area (Å²) in [5.74, 6) is -0.762. The molecular formula is C22H30O5. The molecule has 0 spiro atoms. The topological polar surface area (TPSA) is 57.2 Å². The van der Waals surface area contributed by atoms with E-state index in [1.165, 1.54) is 0 Å². The molecule has 27 heavy (non-hydrogen) atoms. The van der Waals surface area contributed by atoms with E-state index in [9.17, 15) is 5.11 Å². The Morgan fingerprint density at radius 1 is 1.15 bits per heavy atom. The van der Waals surface area contributed by atoms with Gasteiger partial charge in [0.15, 0.2) is 5.79 Å². The predicted octanol–water partition coefficient (Wildman–Crippen LogP) is 3.37. The van der Waals surface area contributed by atoms with E-state index in [1.54, 1.807) is 6.08 Å². The minimum Gasteiger partial charge on any atom is -0.390 e. The van der Waals surface area contributed by atoms with Crippen molar-refractivity contribution in [2.24, 2.45) is 0 Å². The normalized spacial score (nSPS) is 33.2. The van der Waals surface area contributed by atoms with Crippen LogP contribution in [-0.4, -0.2) is 47.5 Å². The molecule has 1 aromatic rings. The second-order valence-electron chi connectivity index (χ2n) is 7.58. The van der Waals surface area contributed by atoms with Gasteiger partial charge in [-0.05, 0) is 32.3 Å². The zero-order valence-electron chi connectivity index (χ0n) is 16.1. The average Bonchev–Trinajstić information content (AvgIpc) is 2.96. The zero-order chi connectivity index (χ0) is 19.4. The number of aliphatic hydroxyl groups is 1. The van der Waals surface area contributed by atoms with Gasteiger partial charge in [-0.1, -0.05) is 42.5 Å². The molecule has 1 aromatic carbocycles. The smallest absolute Gasteiger partial charge is 0.164 e. The molecule has 3 rings (SSSR count). The molecule has 0 bridgehead atoms. The molecule has 2 aliphatic rings. The van der Waals surface area contributed by atoms with Crippen LogP contribution in [0.1, 0.15) is 32.3 Å². The summed E-state index contributed by atoms with van der Waals surface area (Å²) in [7, 11) is 0. The molecule has 0 aliphatic carbocycles. The summed E-state index contributed by atoms with van der Waals surface area (Å²) < 4.78 is 24.8. The van der Waals surface area contributed by atoms with E-state index < -0.39 is 24.1 Å². The number of hydrogen-bond acceptors (Lipinski definition) is 5. The van der Waals surface area contributed by atoms with Crippen molar-refractivity contribution in [3.05, 3.63) is 61.2 Å². The van der Waals surface area contributed by atoms with Gasteiger partial charge in [-0.15, -0.1) is 13.2 Å². The number of ether oxygens (including phenoxy) is 4. The van der Waals surface area contributed by atoms with Crippen molar-refractivity contribution in [3.63, 3.8) is 0 Å². The highest BCUT2D eigenvalue weighted by Crippen LogP contribution is 2.41. The van der Waals surface area contributed by atoms with E-state index in [4.69, 9.17) is 18.9 Å². The van der Waals surface area contributed by atoms with Crippen molar-refractivity contribution >= 4 is 0 Å². The highest BCUT2D eigenvalue weighted by atomic mass is 16.8. The average molecular weight is 374 g/mol. The maximum absolute atomic E-state index is 10.6. The molecule has 2 aliphatic heterocycles. The number of aliphatic hydroxyl groups excluding tert-OH is 1. The number of benzene rings is 1. The van der Waals surface area contributed by atoms with Crippen LogP contribution in [0.25, 0.3) is 0 Å². The Bertz CT molecular complexity index is 629. The summed E-state index contributed by atoms with van der Waals surface area (Å²) in [4.78, 5) is 0. The van der Waals surface area contributed by atoms with Crippen molar-refractivity contribution in [2.45, 2.75) is 75.7 Å². The fourth-order valence-electron chi connectivity index (χ4n) is 3.83. The molecule has 6 atom stereocenters. The summed E-state index contributed by atoms with van der Waals surface area (Å²) in [6.45, 7) is 11.8. The Hall–Kier alpha value is -1.50. The Kier molecular flexibility index (Phi) is 6.50. The molecule has 2 heterocycles. The van der Waals surface area contributed by atoms with E-state index in [1.807, 2.05) is 50.3 Å². The van der Waals surface area contributed by atoms with Crippen molar-refractivity contribution in [3.8, 4) is 0 Å². The van der Waals surface area contributed by atoms with Gasteiger partial charge in [-0.3, -0.25) is 0 Å². The van der Waals surface area contributed by atoms with Gasteiger partial charge in [0.2, 0.25) is 0 Å². The van der Waals surface area contributed by atoms with E-state index in [0.717, 1.165) is 5.56 Å². The van der Waals surface area contributed by atoms with Gasteiger partial charge in [0, 0.05) is 0 Å². The van der Waals surface area contributed by atoms with Crippen LogP contribution in [0.2, 0.25) is 0 Å². The molecule has 2 saturated heterocycles. The third-order valence-corrected chi connectivity index (χ3v) is 4.98. The van der Waals surface area contributed by atoms with Crippen LogP contribution in [0.5, 0.6) is 0 Å². The maximum Gasteiger partial charge on any atom is 0.164 e. The van der Waals surface area contributed by atoms with Crippen LogP contribution >= 0.6 is 0 Å². The minimum absolute atomic E-state index is 0.269. The van der Waals surface area contributed by atoms with E-state index >= 15 is 0 Å². The van der Waals surface area contributed by atoms with Crippen molar-refractivity contribution in [1.29, 1.82) is 0 Å². The summed E-state index contributed by atoms with van der Waals surface area (Å²) in [6, 6.07) is 10.00. The SMILES string of the molecule is C=CC[C@H](O)[C@H]1O[C@H](CC=C)[C@H](OCc2ccccc2)[C@H]2OC(C)(C)O[C@H]21. The Balaban J connectivity index is 1.82. The summed E-state index contributed by atoms with van der Waals surface area (Å²) in [5.41, 5.74) is 1.08. The minimum atomic E-state index is -0.762. The lowest BCUT2D eigenvalue weighted by molar-refractivity contribution is -0.225. The van der Waals surface area contributed by atoms with Crippen LogP contribution < -0.4 is 0 Å². The van der Waals surface area contributed by atoms with Gasteiger partial charge in [-0.25, -0.2) is 0 Å². The first-order chi connectivity index (χ1) is 12.9. The van der Waals surface area contributed by atoms with Crippen LogP contribution in [0.3, 0.4) is 0 Å². The number of fused-ring (bicyclic) bond motifs is 1. The van der Waals surface area contributed by atoms with Gasteiger partial charge < -0.3 is 24.1 Å². The lowest BCUT2D eigenvalue weighted by Gasteiger charge is -2.43. The first-order valence-electron chi connectivity index (χ1n) is 9.51. The molecule has 0 unspecified atom stereocenters. The largest absolute Gasteiger partial charge is 0.390 e. The fraction of sp³-hybridized carbons (Fsp3) is 0.545. The molecule has 0 aromatic heterocycles. The van der Waals surface area contributed by atoms with Gasteiger partial charge in [0.25, 0.3) is 0 Å². The number of hydrogen-bond donors (Lipinski definition) is 1. The van der Waals surface area contributed by atoms with E-state index in [2.05, 4.69) is 13.2 Å². The molecule has 148 valence electrons. The highest BCUT2D eigenvalue weighted by Gasteiger charge is 2.56. The van der Waals surface area contributed by atoms with Crippen LogP contribution in [-0.2, 0) is 25.6 Å². The molecule has 0 saturated carbocycles. The first kappa shape index (κ1) is 20.2. The Labute approximate surface area is 161 Å². The Morgan fingerprint density at radius 3 is 2.52 bits per heavy atom. The van der Waals surface area contributed by atoms with E-state index in [0.29, 0.717) is 19.4 Å². The maximum atomic E-state index is 10.6. The highest BCUT2D eigenvalue weighted by molar-refractivity contribution is 5.14. The summed E-state index contributed by atoms with van der Waals surface area (Å²) in [5, 5.41) is 10.6. The standard InChI is InChI=1S/C22H30O5/c1-5-10-16(23)18-20-21(27-22(3,4)26-20)19(17(25-18)11-6-2)24-14-15-12-8-7-9-13-15/h5-9,12-13,16-21,23H,1-2,10-11,14H2,3-4H3/t16-,17+,18+,19-,20-,21+/m0/s1. The van der Waals surface area contributed by atoms with Gasteiger partial charge in [-0.2, -0.15) is 0 Å². The molecule has 5 heteroatoms. The molecule has 2 fully saturated rings. The second kappa shape index (κ2) is 8.67. The molecule has 0 amide bonds. The van der Waals surface area contributed by atoms with Crippen molar-refractivity contribution < 1.29 is 24.1 Å². The predicted molar refractivity (Wildman–Crippen MR) is 103 cm³/mol. The lowest BCUT2D eigenvalue weighted by Crippen LogP contribution is -2.60. The molecule has 5 nitrogen and oxygen atoms in total. The molecule has 0 radical (unpaired) electrons. The van der Waals surface area contributed by atoms with Gasteiger partial charge in [0.1, 0.15) is 24.4 Å². The number of rotatable bonds is 8. The summed E-state index contributed by atoms with van der Waals surface area (Å²) in [6.07, 6.45) is 1.98. The van der Waals surface area contributed by atoms with E-state index in [-0.39, 0.29) is 18.3 Å². The van der Waals surface area contributed by atoms with Crippen LogP contribution in [0.4, 0.5) is 0 Å². The third kappa shape index (κ3) is 4.68. The Morgan fingerprint density at radius 2 is 1.85 bits per heavy atom. The monoisotopic (exact) mass is 374 g/mol. The van der Waals surface area contributed by atoms with Crippen molar-refractivity contribution in [2.75, 3.05) is 0 Å². The third-order valence-electron chi connectivity index (χ3n) is 4.98. The second-order valence-corrected chi connectivity index (χ2v) is 7.58. The lowest BCUT2D eigenvalue weighted by atomic mass is 9.90. The van der Waals surface area contributed by atoms with Crippen LogP contribution in [0.15, 0.2) is 55.6 Å². The quantitative estimate of drug-likeness (QED) is 0.707.